The molecule has 0 spiro atoms. The van der Waals surface area contributed by atoms with E-state index in [9.17, 15) is 9.00 Å². The fourth-order valence-electron chi connectivity index (χ4n) is 2.67. The predicted molar refractivity (Wildman–Crippen MR) is 109 cm³/mol. The molecule has 2 aromatic heterocycles. The molecule has 3 rings (SSSR count). The van der Waals surface area contributed by atoms with Crippen molar-refractivity contribution in [1.82, 2.24) is 15.3 Å². The summed E-state index contributed by atoms with van der Waals surface area (Å²) in [7, 11) is -1.35. The molecule has 1 unspecified atom stereocenters. The number of benzene rings is 1. The summed E-state index contributed by atoms with van der Waals surface area (Å²) in [6.07, 6.45) is 4.17. The van der Waals surface area contributed by atoms with Crippen LogP contribution in [0.25, 0.3) is 11.5 Å². The highest BCUT2D eigenvalue weighted by Gasteiger charge is 2.16. The van der Waals surface area contributed by atoms with Crippen molar-refractivity contribution in [2.45, 2.75) is 26.0 Å². The lowest BCUT2D eigenvalue weighted by atomic mass is 10.1. The van der Waals surface area contributed by atoms with Crippen LogP contribution in [0.1, 0.15) is 22.6 Å². The third-order valence-corrected chi connectivity index (χ3v) is 5.42. The van der Waals surface area contributed by atoms with Gasteiger partial charge in [-0.25, -0.2) is 4.98 Å². The molecule has 7 heteroatoms. The number of aryl methyl sites for hydroxylation is 2. The van der Waals surface area contributed by atoms with Crippen molar-refractivity contribution < 1.29 is 13.4 Å². The molecule has 0 aliphatic carbocycles. The zero-order chi connectivity index (χ0) is 19.9. The SMILES string of the molecule is Cc1ccc(-c2nc(CS(=O)CC(=O)NCCc3cccnc3)c(C)o2)cc1. The Kier molecular flexibility index (Phi) is 6.71. The largest absolute Gasteiger partial charge is 0.441 e. The minimum Gasteiger partial charge on any atom is -0.441 e. The molecule has 1 amide bonds. The van der Waals surface area contributed by atoms with Gasteiger partial charge in [0.2, 0.25) is 11.8 Å². The molecule has 1 atom stereocenters. The molecular weight excluding hydrogens is 374 g/mol. The quantitative estimate of drug-likeness (QED) is 0.632. The van der Waals surface area contributed by atoms with E-state index < -0.39 is 10.8 Å². The molecule has 6 nitrogen and oxygen atoms in total. The van der Waals surface area contributed by atoms with Crippen molar-refractivity contribution in [2.24, 2.45) is 0 Å². The fraction of sp³-hybridized carbons (Fsp3) is 0.286. The average Bonchev–Trinajstić information content (AvgIpc) is 3.03. The zero-order valence-electron chi connectivity index (χ0n) is 16.0. The number of nitrogens with zero attached hydrogens (tertiary/aromatic N) is 2. The van der Waals surface area contributed by atoms with E-state index >= 15 is 0 Å². The number of carbonyl (C=O) groups is 1. The second-order valence-corrected chi connectivity index (χ2v) is 8.03. The highest BCUT2D eigenvalue weighted by Crippen LogP contribution is 2.22. The number of hydrogen-bond donors (Lipinski definition) is 1. The topological polar surface area (TPSA) is 85.1 Å². The number of hydrogen-bond acceptors (Lipinski definition) is 5. The van der Waals surface area contributed by atoms with E-state index in [1.807, 2.05) is 43.3 Å². The Morgan fingerprint density at radius 2 is 1.96 bits per heavy atom. The maximum Gasteiger partial charge on any atom is 0.232 e. The third kappa shape index (κ3) is 5.60. The van der Waals surface area contributed by atoms with Crippen molar-refractivity contribution in [1.29, 1.82) is 0 Å². The summed E-state index contributed by atoms with van der Waals surface area (Å²) >= 11 is 0. The van der Waals surface area contributed by atoms with Crippen molar-refractivity contribution in [2.75, 3.05) is 12.3 Å². The van der Waals surface area contributed by atoms with Crippen LogP contribution in [0.3, 0.4) is 0 Å². The summed E-state index contributed by atoms with van der Waals surface area (Å²) in [4.78, 5) is 20.5. The number of nitrogens with one attached hydrogen (secondary N) is 1. The number of rotatable bonds is 8. The van der Waals surface area contributed by atoms with Gasteiger partial charge in [0.1, 0.15) is 11.5 Å². The fourth-order valence-corrected chi connectivity index (χ4v) is 3.74. The van der Waals surface area contributed by atoms with E-state index in [1.54, 1.807) is 19.3 Å². The minimum absolute atomic E-state index is 0.0563. The van der Waals surface area contributed by atoms with Gasteiger partial charge in [-0.3, -0.25) is 14.0 Å². The van der Waals surface area contributed by atoms with Gasteiger partial charge in [0, 0.05) is 35.3 Å². The lowest BCUT2D eigenvalue weighted by Crippen LogP contribution is -2.30. The maximum atomic E-state index is 12.4. The van der Waals surface area contributed by atoms with Crippen LogP contribution in [0.5, 0.6) is 0 Å². The first-order valence-corrected chi connectivity index (χ1v) is 10.5. The molecule has 146 valence electrons. The van der Waals surface area contributed by atoms with Crippen molar-refractivity contribution >= 4 is 16.7 Å². The number of pyridine rings is 1. The van der Waals surface area contributed by atoms with E-state index in [2.05, 4.69) is 15.3 Å². The van der Waals surface area contributed by atoms with Gasteiger partial charge in [0.15, 0.2) is 0 Å². The summed E-state index contributed by atoms with van der Waals surface area (Å²) in [6.45, 7) is 4.30. The Balaban J connectivity index is 1.50. The van der Waals surface area contributed by atoms with Gasteiger partial charge in [-0.1, -0.05) is 23.8 Å². The number of carbonyl (C=O) groups excluding carboxylic acids is 1. The van der Waals surface area contributed by atoms with Crippen LogP contribution < -0.4 is 5.32 Å². The van der Waals surface area contributed by atoms with Gasteiger partial charge < -0.3 is 9.73 Å². The summed E-state index contributed by atoms with van der Waals surface area (Å²) < 4.78 is 18.1. The van der Waals surface area contributed by atoms with Gasteiger partial charge in [0.25, 0.3) is 0 Å². The lowest BCUT2D eigenvalue weighted by Gasteiger charge is -2.05. The third-order valence-electron chi connectivity index (χ3n) is 4.24. The first-order chi connectivity index (χ1) is 13.5. The molecule has 0 radical (unpaired) electrons. The molecule has 1 N–H and O–H groups in total. The maximum absolute atomic E-state index is 12.4. The first kappa shape index (κ1) is 19.9. The average molecular weight is 398 g/mol. The van der Waals surface area contributed by atoms with Gasteiger partial charge in [-0.2, -0.15) is 0 Å². The van der Waals surface area contributed by atoms with Gasteiger partial charge in [0.05, 0.1) is 11.4 Å². The molecule has 0 fully saturated rings. The van der Waals surface area contributed by atoms with Crippen molar-refractivity contribution in [3.05, 3.63) is 71.4 Å². The summed E-state index contributed by atoms with van der Waals surface area (Å²) in [5, 5.41) is 2.80. The number of aromatic nitrogens is 2. The van der Waals surface area contributed by atoms with Gasteiger partial charge in [-0.15, -0.1) is 0 Å². The highest BCUT2D eigenvalue weighted by atomic mass is 32.2. The van der Waals surface area contributed by atoms with Crippen LogP contribution in [0.15, 0.2) is 53.2 Å². The molecule has 0 saturated heterocycles. The van der Waals surface area contributed by atoms with Crippen LogP contribution >= 0.6 is 0 Å². The normalized spacial score (nSPS) is 11.9. The lowest BCUT2D eigenvalue weighted by molar-refractivity contribution is -0.118. The Morgan fingerprint density at radius 1 is 1.18 bits per heavy atom. The Bertz CT molecular complexity index is 953. The molecule has 3 aromatic rings. The number of oxazole rings is 1. The van der Waals surface area contributed by atoms with Gasteiger partial charge in [-0.05, 0) is 44.0 Å². The summed E-state index contributed by atoms with van der Waals surface area (Å²) in [6, 6.07) is 11.7. The monoisotopic (exact) mass is 397 g/mol. The smallest absolute Gasteiger partial charge is 0.232 e. The van der Waals surface area contributed by atoms with Crippen molar-refractivity contribution in [3.63, 3.8) is 0 Å². The second kappa shape index (κ2) is 9.41. The standard InChI is InChI=1S/C21H23N3O3S/c1-15-5-7-18(8-6-15)21-24-19(16(2)27-21)13-28(26)14-20(25)23-11-9-17-4-3-10-22-12-17/h3-8,10,12H,9,11,13-14H2,1-2H3,(H,23,25). The van der Waals surface area contributed by atoms with Crippen LogP contribution in [-0.4, -0.2) is 32.4 Å². The van der Waals surface area contributed by atoms with Crippen LogP contribution in [0.2, 0.25) is 0 Å². The van der Waals surface area contributed by atoms with Gasteiger partial charge >= 0.3 is 0 Å². The molecule has 1 aromatic carbocycles. The summed E-state index contributed by atoms with van der Waals surface area (Å²) in [5.74, 6) is 1.03. The molecule has 28 heavy (non-hydrogen) atoms. The highest BCUT2D eigenvalue weighted by molar-refractivity contribution is 7.84. The Labute approximate surface area is 166 Å². The van der Waals surface area contributed by atoms with Crippen molar-refractivity contribution in [3.8, 4) is 11.5 Å². The number of amides is 1. The molecule has 0 aliphatic rings. The Morgan fingerprint density at radius 3 is 2.68 bits per heavy atom. The van der Waals surface area contributed by atoms with Crippen LogP contribution in [-0.2, 0) is 27.8 Å². The van der Waals surface area contributed by atoms with Crippen LogP contribution in [0, 0.1) is 13.8 Å². The first-order valence-electron chi connectivity index (χ1n) is 9.05. The summed E-state index contributed by atoms with van der Waals surface area (Å²) in [5.41, 5.74) is 3.70. The second-order valence-electron chi connectivity index (χ2n) is 6.58. The minimum atomic E-state index is -1.35. The molecule has 2 heterocycles. The predicted octanol–water partition coefficient (Wildman–Crippen LogP) is 2.96. The van der Waals surface area contributed by atoms with E-state index in [4.69, 9.17) is 4.42 Å². The van der Waals surface area contributed by atoms with E-state index in [1.165, 1.54) is 0 Å². The van der Waals surface area contributed by atoms with Crippen LogP contribution in [0.4, 0.5) is 0 Å². The molecule has 0 bridgehead atoms. The van der Waals surface area contributed by atoms with E-state index in [-0.39, 0.29) is 17.4 Å². The molecule has 0 aliphatic heterocycles. The van der Waals surface area contributed by atoms with E-state index in [0.29, 0.717) is 30.3 Å². The molecule has 0 saturated carbocycles. The Hall–Kier alpha value is -2.80. The molecular formula is C21H23N3O3S. The zero-order valence-corrected chi connectivity index (χ0v) is 16.8. The van der Waals surface area contributed by atoms with E-state index in [0.717, 1.165) is 16.7 Å².